The fourth-order valence-electron chi connectivity index (χ4n) is 3.80. The van der Waals surface area contributed by atoms with Crippen LogP contribution in [0.1, 0.15) is 35.2 Å². The van der Waals surface area contributed by atoms with Crippen molar-refractivity contribution in [1.82, 2.24) is 10.2 Å². The molecule has 3 rings (SSSR count). The molecule has 1 aliphatic rings. The van der Waals surface area contributed by atoms with Crippen molar-refractivity contribution in [3.63, 3.8) is 0 Å². The van der Waals surface area contributed by atoms with Gasteiger partial charge in [0.25, 0.3) is 5.91 Å². The zero-order valence-electron chi connectivity index (χ0n) is 17.5. The Bertz CT molecular complexity index is 963. The van der Waals surface area contributed by atoms with Crippen molar-refractivity contribution in [2.24, 2.45) is 0 Å². The number of nitrogens with one attached hydrogen (secondary N) is 1. The molecule has 2 unspecified atom stereocenters. The first-order valence-electron chi connectivity index (χ1n) is 10.5. The van der Waals surface area contributed by atoms with E-state index >= 15 is 0 Å². The van der Waals surface area contributed by atoms with Crippen LogP contribution in [0, 0.1) is 0 Å². The number of hydrogen-bond donors (Lipinski definition) is 3. The first-order chi connectivity index (χ1) is 15.3. The van der Waals surface area contributed by atoms with Gasteiger partial charge in [0, 0.05) is 31.4 Å². The third-order valence-corrected chi connectivity index (χ3v) is 5.48. The lowest BCUT2D eigenvalue weighted by atomic mass is 9.98. The minimum absolute atomic E-state index is 0.0290. The lowest BCUT2D eigenvalue weighted by molar-refractivity contribution is -0.148. The highest BCUT2D eigenvalue weighted by molar-refractivity contribution is 5.98. The number of hydrogen-bond acceptors (Lipinski definition) is 5. The highest BCUT2D eigenvalue weighted by Crippen LogP contribution is 2.20. The number of aliphatic hydroxyl groups is 1. The second-order valence-electron chi connectivity index (χ2n) is 7.84. The van der Waals surface area contributed by atoms with Crippen LogP contribution in [0.3, 0.4) is 0 Å². The second kappa shape index (κ2) is 10.7. The Morgan fingerprint density at radius 1 is 0.969 bits per heavy atom. The number of carboxylic acids is 1. The van der Waals surface area contributed by atoms with E-state index in [1.54, 1.807) is 30.3 Å². The molecule has 1 aliphatic heterocycles. The molecule has 8 nitrogen and oxygen atoms in total. The van der Waals surface area contributed by atoms with Crippen molar-refractivity contribution in [2.45, 2.75) is 43.9 Å². The Morgan fingerprint density at radius 2 is 1.59 bits per heavy atom. The molecule has 32 heavy (non-hydrogen) atoms. The topological polar surface area (TPSA) is 124 Å². The van der Waals surface area contributed by atoms with Crippen LogP contribution in [0.5, 0.6) is 0 Å². The monoisotopic (exact) mass is 438 g/mol. The molecular formula is C24H26N2O6. The number of carbonyl (C=O) groups is 4. The van der Waals surface area contributed by atoms with E-state index in [0.29, 0.717) is 5.56 Å². The second-order valence-corrected chi connectivity index (χ2v) is 7.84. The first kappa shape index (κ1) is 23.1. The van der Waals surface area contributed by atoms with Gasteiger partial charge in [0.1, 0.15) is 6.04 Å². The van der Waals surface area contributed by atoms with Crippen LogP contribution in [0.15, 0.2) is 60.7 Å². The number of aliphatic carboxylic acids is 1. The van der Waals surface area contributed by atoms with Crippen LogP contribution >= 0.6 is 0 Å². The summed E-state index contributed by atoms with van der Waals surface area (Å²) in [6.45, 7) is -0.0673. The van der Waals surface area contributed by atoms with Crippen LogP contribution < -0.4 is 5.32 Å². The predicted molar refractivity (Wildman–Crippen MR) is 116 cm³/mol. The van der Waals surface area contributed by atoms with Crippen LogP contribution in [-0.2, 0) is 20.8 Å². The van der Waals surface area contributed by atoms with Gasteiger partial charge < -0.3 is 20.4 Å². The number of aliphatic hydroxyl groups excluding tert-OH is 1. The van der Waals surface area contributed by atoms with E-state index in [1.165, 1.54) is 0 Å². The molecule has 1 fully saturated rings. The van der Waals surface area contributed by atoms with Gasteiger partial charge in [-0.15, -0.1) is 0 Å². The number of amides is 2. The van der Waals surface area contributed by atoms with Gasteiger partial charge in [0.2, 0.25) is 5.91 Å². The van der Waals surface area contributed by atoms with Crippen LogP contribution in [0.4, 0.5) is 0 Å². The summed E-state index contributed by atoms with van der Waals surface area (Å²) in [4.78, 5) is 50.6. The number of likely N-dealkylation sites (tertiary alicyclic amines) is 1. The normalized spacial score (nSPS) is 18.7. The summed E-state index contributed by atoms with van der Waals surface area (Å²) >= 11 is 0. The number of benzene rings is 2. The zero-order chi connectivity index (χ0) is 23.1. The Balaban J connectivity index is 1.67. The smallest absolute Gasteiger partial charge is 0.326 e. The molecule has 0 bridgehead atoms. The molecule has 2 amide bonds. The standard InChI is InChI=1S/C24H26N2O6/c27-18-14-20(24(31)32)26(15-18)22(29)12-11-21(28)19(13-16-7-3-1-4-8-16)25-23(30)17-9-5-2-6-10-17/h1-10,18-20,27H,11-15H2,(H,25,30)(H,31,32)/t18?,19?,20-/m0/s1. The highest BCUT2D eigenvalue weighted by Gasteiger charge is 2.38. The summed E-state index contributed by atoms with van der Waals surface area (Å²) in [6.07, 6.45) is -0.996. The molecule has 1 heterocycles. The Kier molecular flexibility index (Phi) is 7.72. The summed E-state index contributed by atoms with van der Waals surface area (Å²) in [5.41, 5.74) is 1.28. The first-order valence-corrected chi connectivity index (χ1v) is 10.5. The summed E-state index contributed by atoms with van der Waals surface area (Å²) < 4.78 is 0. The van der Waals surface area contributed by atoms with Crippen LogP contribution in [-0.4, -0.2) is 63.4 Å². The van der Waals surface area contributed by atoms with E-state index in [1.807, 2.05) is 30.3 Å². The van der Waals surface area contributed by atoms with Crippen molar-refractivity contribution in [2.75, 3.05) is 6.54 Å². The van der Waals surface area contributed by atoms with Gasteiger partial charge in [0.15, 0.2) is 5.78 Å². The molecule has 3 N–H and O–H groups in total. The minimum atomic E-state index is -1.18. The van der Waals surface area contributed by atoms with Gasteiger partial charge >= 0.3 is 5.97 Å². The van der Waals surface area contributed by atoms with E-state index in [-0.39, 0.29) is 43.9 Å². The van der Waals surface area contributed by atoms with Crippen LogP contribution in [0.25, 0.3) is 0 Å². The van der Waals surface area contributed by atoms with Crippen molar-refractivity contribution in [3.8, 4) is 0 Å². The molecule has 0 aromatic heterocycles. The number of rotatable bonds is 9. The van der Waals surface area contributed by atoms with Crippen molar-refractivity contribution in [3.05, 3.63) is 71.8 Å². The number of Topliss-reactive ketones (excluding diaryl/α,β-unsaturated/α-hetero) is 1. The van der Waals surface area contributed by atoms with E-state index in [4.69, 9.17) is 0 Å². The van der Waals surface area contributed by atoms with Gasteiger partial charge in [-0.3, -0.25) is 14.4 Å². The summed E-state index contributed by atoms with van der Waals surface area (Å²) in [7, 11) is 0. The van der Waals surface area contributed by atoms with Crippen molar-refractivity contribution < 1.29 is 29.4 Å². The fraction of sp³-hybridized carbons (Fsp3) is 0.333. The quantitative estimate of drug-likeness (QED) is 0.544. The Morgan fingerprint density at radius 3 is 2.22 bits per heavy atom. The molecule has 0 aliphatic carbocycles. The van der Waals surface area contributed by atoms with Crippen LogP contribution in [0.2, 0.25) is 0 Å². The molecule has 2 aromatic rings. The number of carbonyl (C=O) groups excluding carboxylic acids is 3. The average molecular weight is 438 g/mol. The average Bonchev–Trinajstić information content (AvgIpc) is 3.20. The summed E-state index contributed by atoms with van der Waals surface area (Å²) in [6, 6.07) is 15.8. The third kappa shape index (κ3) is 6.01. The maximum absolute atomic E-state index is 13.0. The molecule has 0 saturated carbocycles. The van der Waals surface area contributed by atoms with E-state index in [2.05, 4.69) is 5.32 Å². The molecule has 1 saturated heterocycles. The predicted octanol–water partition coefficient (Wildman–Crippen LogP) is 1.42. The van der Waals surface area contributed by atoms with Gasteiger partial charge in [-0.05, 0) is 24.1 Å². The Hall–Kier alpha value is -3.52. The summed E-state index contributed by atoms with van der Waals surface area (Å²) in [5.74, 6) is -2.40. The lowest BCUT2D eigenvalue weighted by Gasteiger charge is -2.22. The van der Waals surface area contributed by atoms with E-state index in [9.17, 15) is 29.4 Å². The number of carboxylic acid groups (broad SMARTS) is 1. The van der Waals surface area contributed by atoms with Crippen molar-refractivity contribution in [1.29, 1.82) is 0 Å². The SMILES string of the molecule is O=C(NC(Cc1ccccc1)C(=O)CCC(=O)N1CC(O)C[C@H]1C(=O)O)c1ccccc1. The lowest BCUT2D eigenvalue weighted by Crippen LogP contribution is -2.44. The Labute approximate surface area is 185 Å². The van der Waals surface area contributed by atoms with Gasteiger partial charge in [0.05, 0.1) is 12.1 Å². The fourth-order valence-corrected chi connectivity index (χ4v) is 3.80. The maximum atomic E-state index is 13.0. The molecule has 8 heteroatoms. The molecule has 0 spiro atoms. The van der Waals surface area contributed by atoms with Gasteiger partial charge in [-0.1, -0.05) is 48.5 Å². The minimum Gasteiger partial charge on any atom is -0.480 e. The van der Waals surface area contributed by atoms with Crippen molar-refractivity contribution >= 4 is 23.6 Å². The molecule has 168 valence electrons. The number of nitrogens with zero attached hydrogens (tertiary/aromatic N) is 1. The molecular weight excluding hydrogens is 412 g/mol. The van der Waals surface area contributed by atoms with Gasteiger partial charge in [-0.25, -0.2) is 4.79 Å². The van der Waals surface area contributed by atoms with E-state index in [0.717, 1.165) is 10.5 Å². The molecule has 0 radical (unpaired) electrons. The zero-order valence-corrected chi connectivity index (χ0v) is 17.5. The van der Waals surface area contributed by atoms with Gasteiger partial charge in [-0.2, -0.15) is 0 Å². The van der Waals surface area contributed by atoms with E-state index < -0.39 is 30.1 Å². The maximum Gasteiger partial charge on any atom is 0.326 e. The largest absolute Gasteiger partial charge is 0.480 e. The molecule has 2 aromatic carbocycles. The summed E-state index contributed by atoms with van der Waals surface area (Å²) in [5, 5.41) is 21.8. The number of ketones is 1. The number of β-amino-alcohol motifs (C(OH)–C–C–N with tert-alkyl or cyclic N) is 1. The highest BCUT2D eigenvalue weighted by atomic mass is 16.4. The third-order valence-electron chi connectivity index (χ3n) is 5.48. The molecule has 3 atom stereocenters.